The number of methoxy groups -OCH3 is 1. The van der Waals surface area contributed by atoms with Crippen LogP contribution >= 0.6 is 0 Å². The van der Waals surface area contributed by atoms with Crippen molar-refractivity contribution in [3.8, 4) is 22.7 Å². The Balaban J connectivity index is 1.47. The Bertz CT molecular complexity index is 1700. The van der Waals surface area contributed by atoms with Gasteiger partial charge >= 0.3 is 5.97 Å². The van der Waals surface area contributed by atoms with Crippen LogP contribution in [0.1, 0.15) is 22.8 Å². The first kappa shape index (κ1) is 26.3. The highest BCUT2D eigenvalue weighted by atomic mass is 16.6. The van der Waals surface area contributed by atoms with Crippen molar-refractivity contribution < 1.29 is 19.0 Å². The molecule has 1 heterocycles. The molecule has 3 aromatic carbocycles. The summed E-state index contributed by atoms with van der Waals surface area (Å²) in [6, 6.07) is 26.7. The van der Waals surface area contributed by atoms with Crippen molar-refractivity contribution in [1.29, 1.82) is 0 Å². The van der Waals surface area contributed by atoms with Gasteiger partial charge in [-0.3, -0.25) is 0 Å². The van der Waals surface area contributed by atoms with Crippen LogP contribution in [0.3, 0.4) is 0 Å². The number of allylic oxidation sites excluding steroid dienone is 2. The first-order valence-electron chi connectivity index (χ1n) is 12.8. The third-order valence-electron chi connectivity index (χ3n) is 6.01. The standard InChI is InChI=1S/C33H27N3O4/c1-4-39-31-19-24(15-18-30(31)40-33(37)26-9-8-12-28(20-26)38-3)22-34-32-21-29(25-16-13-23(2)14-17-25)35-36(32)27-10-6-5-7-11-27/h5-14,16-17,19-22H,4H2,1-3H3. The van der Waals surface area contributed by atoms with Gasteiger partial charge in [-0.15, -0.1) is 0 Å². The predicted molar refractivity (Wildman–Crippen MR) is 154 cm³/mol. The van der Waals surface area contributed by atoms with Crippen molar-refractivity contribution in [2.24, 2.45) is 4.99 Å². The molecule has 0 radical (unpaired) electrons. The molecule has 0 spiro atoms. The minimum Gasteiger partial charge on any atom is -0.497 e. The molecule has 0 amide bonds. The zero-order valence-electron chi connectivity index (χ0n) is 22.4. The Labute approximate surface area is 232 Å². The van der Waals surface area contributed by atoms with Gasteiger partial charge in [0, 0.05) is 29.5 Å². The van der Waals surface area contributed by atoms with Crippen LogP contribution < -0.4 is 4.74 Å². The summed E-state index contributed by atoms with van der Waals surface area (Å²) in [5.74, 6) is 1.14. The number of aryl methyl sites for hydroxylation is 1. The number of carbonyl (C=O) groups is 1. The summed E-state index contributed by atoms with van der Waals surface area (Å²) in [5.41, 5.74) is 10.7. The lowest BCUT2D eigenvalue weighted by molar-refractivity contribution is 0.0597. The number of hydrogen-bond acceptors (Lipinski definition) is 6. The first-order chi connectivity index (χ1) is 19.5. The maximum atomic E-state index is 12.7. The van der Waals surface area contributed by atoms with E-state index in [1.165, 1.54) is 12.7 Å². The van der Waals surface area contributed by atoms with E-state index in [1.54, 1.807) is 41.2 Å². The lowest BCUT2D eigenvalue weighted by Crippen LogP contribution is -2.09. The summed E-state index contributed by atoms with van der Waals surface area (Å²) in [6.45, 7) is 4.28. The highest BCUT2D eigenvalue weighted by Crippen LogP contribution is 2.27. The number of rotatable bonds is 9. The summed E-state index contributed by atoms with van der Waals surface area (Å²) in [4.78, 5) is 17.5. The van der Waals surface area contributed by atoms with E-state index in [0.29, 0.717) is 35.1 Å². The van der Waals surface area contributed by atoms with Gasteiger partial charge in [0.2, 0.25) is 5.76 Å². The number of benzene rings is 3. The van der Waals surface area contributed by atoms with Crippen molar-refractivity contribution in [2.45, 2.75) is 13.8 Å². The van der Waals surface area contributed by atoms with Gasteiger partial charge in [-0.05, 0) is 49.9 Å². The Morgan fingerprint density at radius 3 is 2.55 bits per heavy atom. The molecule has 0 unspecified atom stereocenters. The number of para-hydroxylation sites is 1. The number of aromatic nitrogens is 2. The monoisotopic (exact) mass is 529 g/mol. The maximum Gasteiger partial charge on any atom is 0.344 e. The Kier molecular flexibility index (Phi) is 7.89. The van der Waals surface area contributed by atoms with E-state index in [-0.39, 0.29) is 5.76 Å². The molecule has 0 saturated heterocycles. The molecule has 1 aliphatic rings. The van der Waals surface area contributed by atoms with Crippen molar-refractivity contribution in [3.05, 3.63) is 131 Å². The fraction of sp³-hybridized carbons (Fsp3) is 0.121. The molecule has 0 atom stereocenters. The molecule has 198 valence electrons. The third-order valence-corrected chi connectivity index (χ3v) is 6.01. The lowest BCUT2D eigenvalue weighted by Gasteiger charge is -2.13. The topological polar surface area (TPSA) is 74.9 Å². The van der Waals surface area contributed by atoms with Crippen LogP contribution in [0.2, 0.25) is 0 Å². The summed E-state index contributed by atoms with van der Waals surface area (Å²) in [5, 5.41) is 4.82. The molecular weight excluding hydrogens is 502 g/mol. The number of esters is 1. The van der Waals surface area contributed by atoms with Gasteiger partial charge < -0.3 is 14.2 Å². The molecule has 1 aliphatic carbocycles. The van der Waals surface area contributed by atoms with Crippen molar-refractivity contribution in [2.75, 3.05) is 13.7 Å². The second-order valence-corrected chi connectivity index (χ2v) is 8.86. The summed E-state index contributed by atoms with van der Waals surface area (Å²) >= 11 is 0. The van der Waals surface area contributed by atoms with E-state index in [2.05, 4.69) is 30.5 Å². The molecule has 0 bridgehead atoms. The second kappa shape index (κ2) is 12.0. The zero-order valence-corrected chi connectivity index (χ0v) is 22.4. The minimum atomic E-state index is -0.554. The van der Waals surface area contributed by atoms with Crippen molar-refractivity contribution >= 4 is 18.0 Å². The van der Waals surface area contributed by atoms with E-state index in [1.807, 2.05) is 55.5 Å². The number of ether oxygens (including phenoxy) is 3. The van der Waals surface area contributed by atoms with Gasteiger partial charge in [-0.2, -0.15) is 5.10 Å². The molecule has 0 aliphatic heterocycles. The Morgan fingerprint density at radius 2 is 1.80 bits per heavy atom. The molecule has 0 fully saturated rings. The molecule has 0 saturated carbocycles. The number of hydrogen-bond donors (Lipinski definition) is 0. The third kappa shape index (κ3) is 6.03. The van der Waals surface area contributed by atoms with Crippen LogP contribution in [0, 0.1) is 6.92 Å². The normalized spacial score (nSPS) is 12.5. The molecule has 4 aromatic rings. The van der Waals surface area contributed by atoms with Crippen LogP contribution in [-0.2, 0) is 9.47 Å². The maximum absolute atomic E-state index is 12.7. The Morgan fingerprint density at radius 1 is 1.00 bits per heavy atom. The van der Waals surface area contributed by atoms with Crippen LogP contribution in [0.5, 0.6) is 5.75 Å². The average molecular weight is 530 g/mol. The zero-order chi connectivity index (χ0) is 27.9. The fourth-order valence-corrected chi connectivity index (χ4v) is 3.97. The number of nitrogens with zero attached hydrogens (tertiary/aromatic N) is 3. The lowest BCUT2D eigenvalue weighted by atomic mass is 10.1. The molecule has 0 N–H and O–H groups in total. The van der Waals surface area contributed by atoms with E-state index in [0.717, 1.165) is 16.9 Å². The summed E-state index contributed by atoms with van der Waals surface area (Å²) in [6.07, 6.45) is 3.36. The van der Waals surface area contributed by atoms with Gasteiger partial charge in [-0.1, -0.05) is 59.8 Å². The molecule has 7 heteroatoms. The van der Waals surface area contributed by atoms with Gasteiger partial charge in [0.15, 0.2) is 11.6 Å². The van der Waals surface area contributed by atoms with Crippen LogP contribution in [-0.4, -0.2) is 35.7 Å². The SMILES string of the molecule is CCOC1=CC(C=Nc2cc(-c3ccc(C)cc3)nn2-c2ccccc2)=C=C=C1OC(=O)c1cccc(OC)c1. The predicted octanol–water partition coefficient (Wildman–Crippen LogP) is 6.91. The van der Waals surface area contributed by atoms with Gasteiger partial charge in [0.05, 0.1) is 30.7 Å². The molecule has 1 aromatic heterocycles. The van der Waals surface area contributed by atoms with Crippen molar-refractivity contribution in [1.82, 2.24) is 9.78 Å². The van der Waals surface area contributed by atoms with E-state index >= 15 is 0 Å². The summed E-state index contributed by atoms with van der Waals surface area (Å²) < 4.78 is 18.3. The average Bonchev–Trinajstić information content (AvgIpc) is 3.42. The first-order valence-corrected chi connectivity index (χ1v) is 12.8. The van der Waals surface area contributed by atoms with E-state index < -0.39 is 5.97 Å². The minimum absolute atomic E-state index is 0.141. The van der Waals surface area contributed by atoms with Gasteiger partial charge in [0.25, 0.3) is 0 Å². The largest absolute Gasteiger partial charge is 0.497 e. The molecule has 7 nitrogen and oxygen atoms in total. The quantitative estimate of drug-likeness (QED) is 0.134. The molecule has 40 heavy (non-hydrogen) atoms. The Hall–Kier alpha value is -5.35. The highest BCUT2D eigenvalue weighted by molar-refractivity contribution is 5.91. The fourth-order valence-electron chi connectivity index (χ4n) is 3.97. The van der Waals surface area contributed by atoms with Gasteiger partial charge in [-0.25, -0.2) is 14.5 Å². The van der Waals surface area contributed by atoms with Crippen LogP contribution in [0.25, 0.3) is 16.9 Å². The van der Waals surface area contributed by atoms with Gasteiger partial charge in [0.1, 0.15) is 5.75 Å². The smallest absolute Gasteiger partial charge is 0.344 e. The summed E-state index contributed by atoms with van der Waals surface area (Å²) in [7, 11) is 1.54. The molecular formula is C33H27N3O4. The van der Waals surface area contributed by atoms with Crippen molar-refractivity contribution in [3.63, 3.8) is 0 Å². The van der Waals surface area contributed by atoms with Crippen LogP contribution in [0.15, 0.2) is 125 Å². The van der Waals surface area contributed by atoms with E-state index in [4.69, 9.17) is 24.3 Å². The molecule has 5 rings (SSSR count). The highest BCUT2D eigenvalue weighted by Gasteiger charge is 2.18. The van der Waals surface area contributed by atoms with E-state index in [9.17, 15) is 4.79 Å². The number of carbonyl (C=O) groups excluding carboxylic acids is 1. The van der Waals surface area contributed by atoms with Crippen LogP contribution in [0.4, 0.5) is 5.82 Å². The number of aliphatic imine (C=N–C) groups is 1. The second-order valence-electron chi connectivity index (χ2n) is 8.86.